The monoisotopic (exact) mass is 446 g/mol. The molecule has 7 nitrogen and oxygen atoms in total. The molecule has 3 rings (SSSR count). The quantitative estimate of drug-likeness (QED) is 0.707. The Hall–Kier alpha value is -2.58. The molecule has 1 N–H and O–H groups in total. The van der Waals surface area contributed by atoms with E-state index in [1.165, 1.54) is 4.31 Å². The molecule has 0 radical (unpaired) electrons. The van der Waals surface area contributed by atoms with Gasteiger partial charge in [-0.25, -0.2) is 8.42 Å². The summed E-state index contributed by atoms with van der Waals surface area (Å²) in [6.07, 6.45) is 1.39. The summed E-state index contributed by atoms with van der Waals surface area (Å²) in [4.78, 5) is 12.9. The van der Waals surface area contributed by atoms with E-state index in [1.807, 2.05) is 32.0 Å². The fraction of sp³-hybridized carbons (Fsp3) is 0.435. The van der Waals surface area contributed by atoms with Gasteiger partial charge in [0.2, 0.25) is 15.9 Å². The number of nitrogens with one attached hydrogen (secondary N) is 1. The van der Waals surface area contributed by atoms with E-state index >= 15 is 0 Å². The van der Waals surface area contributed by atoms with Crippen molar-refractivity contribution in [2.45, 2.75) is 44.0 Å². The van der Waals surface area contributed by atoms with Crippen LogP contribution < -0.4 is 14.8 Å². The van der Waals surface area contributed by atoms with Crippen molar-refractivity contribution in [1.29, 1.82) is 0 Å². The van der Waals surface area contributed by atoms with Crippen LogP contribution in [-0.4, -0.2) is 52.0 Å². The molecule has 1 saturated heterocycles. The van der Waals surface area contributed by atoms with Gasteiger partial charge in [0.25, 0.3) is 0 Å². The molecule has 0 aliphatic carbocycles. The maximum Gasteiger partial charge on any atom is 0.243 e. The molecule has 31 heavy (non-hydrogen) atoms. The number of piperidine rings is 1. The van der Waals surface area contributed by atoms with Crippen molar-refractivity contribution in [3.63, 3.8) is 0 Å². The van der Waals surface area contributed by atoms with Gasteiger partial charge in [-0.3, -0.25) is 4.79 Å². The molecule has 0 spiro atoms. The summed E-state index contributed by atoms with van der Waals surface area (Å²) in [5.41, 5.74) is 2.61. The zero-order chi connectivity index (χ0) is 22.6. The molecular weight excluding hydrogens is 416 g/mol. The molecule has 2 aromatic rings. The Morgan fingerprint density at radius 3 is 2.32 bits per heavy atom. The Labute approximate surface area is 184 Å². The van der Waals surface area contributed by atoms with E-state index in [-0.39, 0.29) is 18.4 Å². The Morgan fingerprint density at radius 2 is 1.71 bits per heavy atom. The normalized spacial score (nSPS) is 15.5. The van der Waals surface area contributed by atoms with E-state index in [4.69, 9.17) is 9.47 Å². The third kappa shape index (κ3) is 5.37. The van der Waals surface area contributed by atoms with Gasteiger partial charge in [-0.2, -0.15) is 4.31 Å². The number of sulfonamides is 1. The zero-order valence-corrected chi connectivity index (χ0v) is 19.3. The first-order chi connectivity index (χ1) is 14.7. The van der Waals surface area contributed by atoms with Crippen LogP contribution >= 0.6 is 0 Å². The van der Waals surface area contributed by atoms with Gasteiger partial charge in [-0.15, -0.1) is 0 Å². The number of hydrogen-bond acceptors (Lipinski definition) is 5. The highest BCUT2D eigenvalue weighted by Crippen LogP contribution is 2.28. The van der Waals surface area contributed by atoms with E-state index in [0.29, 0.717) is 42.3 Å². The lowest BCUT2D eigenvalue weighted by molar-refractivity contribution is -0.121. The van der Waals surface area contributed by atoms with Crippen LogP contribution in [0, 0.1) is 13.8 Å². The lowest BCUT2D eigenvalue weighted by Gasteiger charge is -2.32. The Bertz CT molecular complexity index is 1040. The van der Waals surface area contributed by atoms with Crippen LogP contribution in [0.2, 0.25) is 0 Å². The minimum Gasteiger partial charge on any atom is -0.493 e. The van der Waals surface area contributed by atoms with Gasteiger partial charge in [-0.1, -0.05) is 23.8 Å². The van der Waals surface area contributed by atoms with Crippen molar-refractivity contribution < 1.29 is 22.7 Å². The first-order valence-electron chi connectivity index (χ1n) is 10.3. The van der Waals surface area contributed by atoms with Crippen LogP contribution in [0.5, 0.6) is 11.5 Å². The van der Waals surface area contributed by atoms with Gasteiger partial charge in [0.05, 0.1) is 25.5 Å². The third-order valence-corrected chi connectivity index (χ3v) is 7.64. The van der Waals surface area contributed by atoms with Gasteiger partial charge in [0.15, 0.2) is 11.5 Å². The average molecular weight is 447 g/mol. The van der Waals surface area contributed by atoms with E-state index in [1.54, 1.807) is 32.4 Å². The fourth-order valence-corrected chi connectivity index (χ4v) is 5.60. The number of carbonyl (C=O) groups is 1. The molecule has 1 amide bonds. The Kier molecular flexibility index (Phi) is 7.23. The van der Waals surface area contributed by atoms with E-state index in [9.17, 15) is 13.2 Å². The standard InChI is InChI=1S/C23H30N2O5S/c1-16-5-8-22(17(2)13-16)31(27,28)25-11-9-19(10-12-25)24-23(26)15-18-6-7-20(29-3)21(14-18)30-4/h5-8,13-14,19H,9-12,15H2,1-4H3,(H,24,26). The highest BCUT2D eigenvalue weighted by Gasteiger charge is 2.30. The van der Waals surface area contributed by atoms with Crippen LogP contribution in [0.25, 0.3) is 0 Å². The second-order valence-corrected chi connectivity index (χ2v) is 9.79. The number of carbonyl (C=O) groups excluding carboxylic acids is 1. The lowest BCUT2D eigenvalue weighted by atomic mass is 10.1. The predicted octanol–water partition coefficient (Wildman–Crippen LogP) is 2.83. The number of ether oxygens (including phenoxy) is 2. The van der Waals surface area contributed by atoms with Gasteiger partial charge >= 0.3 is 0 Å². The summed E-state index contributed by atoms with van der Waals surface area (Å²) >= 11 is 0. The molecule has 2 aromatic carbocycles. The minimum atomic E-state index is -3.53. The van der Waals surface area contributed by atoms with Crippen molar-refractivity contribution in [1.82, 2.24) is 9.62 Å². The molecular formula is C23H30N2O5S. The van der Waals surface area contributed by atoms with Crippen molar-refractivity contribution in [3.8, 4) is 11.5 Å². The maximum absolute atomic E-state index is 13.0. The minimum absolute atomic E-state index is 0.0433. The highest BCUT2D eigenvalue weighted by molar-refractivity contribution is 7.89. The van der Waals surface area contributed by atoms with Crippen LogP contribution in [0.4, 0.5) is 0 Å². The summed E-state index contributed by atoms with van der Waals surface area (Å²) in [6.45, 7) is 4.54. The van der Waals surface area contributed by atoms with Crippen molar-refractivity contribution in [2.75, 3.05) is 27.3 Å². The van der Waals surface area contributed by atoms with Crippen molar-refractivity contribution in [3.05, 3.63) is 53.1 Å². The van der Waals surface area contributed by atoms with Gasteiger partial charge in [0.1, 0.15) is 0 Å². The first kappa shape index (κ1) is 23.1. The zero-order valence-electron chi connectivity index (χ0n) is 18.5. The third-order valence-electron chi connectivity index (χ3n) is 5.58. The lowest BCUT2D eigenvalue weighted by Crippen LogP contribution is -2.46. The second-order valence-electron chi connectivity index (χ2n) is 7.88. The molecule has 1 aliphatic heterocycles. The number of aryl methyl sites for hydroxylation is 2. The van der Waals surface area contributed by atoms with Crippen LogP contribution in [-0.2, 0) is 21.2 Å². The summed E-state index contributed by atoms with van der Waals surface area (Å²) < 4.78 is 38.1. The molecule has 1 aliphatic rings. The summed E-state index contributed by atoms with van der Waals surface area (Å²) in [7, 11) is -0.406. The smallest absolute Gasteiger partial charge is 0.243 e. The number of hydrogen-bond donors (Lipinski definition) is 1. The average Bonchev–Trinajstić information content (AvgIpc) is 2.73. The van der Waals surface area contributed by atoms with Crippen LogP contribution in [0.3, 0.4) is 0 Å². The molecule has 0 bridgehead atoms. The summed E-state index contributed by atoms with van der Waals surface area (Å²) in [5.74, 6) is 1.10. The summed E-state index contributed by atoms with van der Waals surface area (Å²) in [6, 6.07) is 10.7. The van der Waals surface area contributed by atoms with Crippen molar-refractivity contribution in [2.24, 2.45) is 0 Å². The SMILES string of the molecule is COc1ccc(CC(=O)NC2CCN(S(=O)(=O)c3ccc(C)cc3C)CC2)cc1OC. The fourth-order valence-electron chi connectivity index (χ4n) is 3.92. The highest BCUT2D eigenvalue weighted by atomic mass is 32.2. The van der Waals surface area contributed by atoms with E-state index < -0.39 is 10.0 Å². The number of methoxy groups -OCH3 is 2. The molecule has 1 heterocycles. The molecule has 1 fully saturated rings. The molecule has 8 heteroatoms. The van der Waals surface area contributed by atoms with Crippen LogP contribution in [0.15, 0.2) is 41.3 Å². The van der Waals surface area contributed by atoms with E-state index in [0.717, 1.165) is 16.7 Å². The van der Waals surface area contributed by atoms with Crippen molar-refractivity contribution >= 4 is 15.9 Å². The molecule has 168 valence electrons. The summed E-state index contributed by atoms with van der Waals surface area (Å²) in [5, 5.41) is 3.03. The van der Waals surface area contributed by atoms with E-state index in [2.05, 4.69) is 5.32 Å². The van der Waals surface area contributed by atoms with Crippen LogP contribution in [0.1, 0.15) is 29.5 Å². The van der Waals surface area contributed by atoms with Gasteiger partial charge < -0.3 is 14.8 Å². The topological polar surface area (TPSA) is 84.9 Å². The first-order valence-corrected chi connectivity index (χ1v) is 11.8. The van der Waals surface area contributed by atoms with Gasteiger partial charge in [0, 0.05) is 19.1 Å². The number of nitrogens with zero attached hydrogens (tertiary/aromatic N) is 1. The Balaban J connectivity index is 1.57. The number of benzene rings is 2. The molecule has 0 aromatic heterocycles. The Morgan fingerprint density at radius 1 is 1.03 bits per heavy atom. The largest absolute Gasteiger partial charge is 0.493 e. The van der Waals surface area contributed by atoms with Gasteiger partial charge in [-0.05, 0) is 56.0 Å². The second kappa shape index (κ2) is 9.70. The molecule has 0 saturated carbocycles. The predicted molar refractivity (Wildman–Crippen MR) is 119 cm³/mol. The molecule has 0 unspecified atom stereocenters. The number of amides is 1. The number of rotatable bonds is 7. The molecule has 0 atom stereocenters. The maximum atomic E-state index is 13.0.